The molecule has 34 heavy (non-hydrogen) atoms. The second-order valence-electron chi connectivity index (χ2n) is 7.74. The quantitative estimate of drug-likeness (QED) is 0.606. The second-order valence-corrected chi connectivity index (χ2v) is 7.74. The summed E-state index contributed by atoms with van der Waals surface area (Å²) >= 11 is 0. The molecule has 0 bridgehead atoms. The van der Waals surface area contributed by atoms with E-state index < -0.39 is 29.9 Å². The fourth-order valence-corrected chi connectivity index (χ4v) is 3.63. The highest BCUT2D eigenvalue weighted by Crippen LogP contribution is 2.17. The number of carbonyl (C=O) groups is 4. The van der Waals surface area contributed by atoms with E-state index >= 15 is 0 Å². The summed E-state index contributed by atoms with van der Waals surface area (Å²) in [5.41, 5.74) is 1.58. The average molecular weight is 469 g/mol. The van der Waals surface area contributed by atoms with Crippen LogP contribution in [0.4, 0.5) is 4.79 Å². The van der Waals surface area contributed by atoms with Gasteiger partial charge in [-0.3, -0.25) is 14.4 Å². The Hall–Kier alpha value is -3.95. The van der Waals surface area contributed by atoms with Gasteiger partial charge in [-0.1, -0.05) is 36.4 Å². The van der Waals surface area contributed by atoms with Gasteiger partial charge in [0.25, 0.3) is 5.91 Å². The third-order valence-corrected chi connectivity index (χ3v) is 5.42. The smallest absolute Gasteiger partial charge is 0.409 e. The number of piperazine rings is 1. The molecule has 1 aromatic carbocycles. The van der Waals surface area contributed by atoms with Crippen molar-refractivity contribution < 1.29 is 29.0 Å². The number of nitrogens with one attached hydrogen (secondary N) is 1. The van der Waals surface area contributed by atoms with Gasteiger partial charge in [0.1, 0.15) is 11.7 Å². The van der Waals surface area contributed by atoms with E-state index in [0.29, 0.717) is 18.8 Å². The first-order valence-corrected chi connectivity index (χ1v) is 11.1. The highest BCUT2D eigenvalue weighted by molar-refractivity contribution is 5.96. The van der Waals surface area contributed by atoms with E-state index in [9.17, 15) is 19.2 Å². The van der Waals surface area contributed by atoms with Gasteiger partial charge in [-0.2, -0.15) is 0 Å². The first-order chi connectivity index (χ1) is 16.4. The highest BCUT2D eigenvalue weighted by atomic mass is 16.6. The number of pyridine rings is 1. The van der Waals surface area contributed by atoms with Gasteiger partial charge in [-0.25, -0.2) is 9.78 Å². The van der Waals surface area contributed by atoms with Gasteiger partial charge in [0.15, 0.2) is 0 Å². The summed E-state index contributed by atoms with van der Waals surface area (Å²) in [6.45, 7) is 3.10. The highest BCUT2D eigenvalue weighted by Gasteiger charge is 2.31. The van der Waals surface area contributed by atoms with Crippen molar-refractivity contribution in [2.24, 2.45) is 0 Å². The van der Waals surface area contributed by atoms with Gasteiger partial charge in [-0.15, -0.1) is 0 Å². The molecule has 1 fully saturated rings. The van der Waals surface area contributed by atoms with Crippen LogP contribution in [0.1, 0.15) is 30.3 Å². The summed E-state index contributed by atoms with van der Waals surface area (Å²) < 4.78 is 4.99. The Balaban J connectivity index is 1.69. The number of hydrogen-bond donors (Lipinski definition) is 2. The van der Waals surface area contributed by atoms with Crippen LogP contribution in [0, 0.1) is 0 Å². The molecular formula is C24H28N4O6. The molecule has 1 aliphatic rings. The molecule has 0 spiro atoms. The van der Waals surface area contributed by atoms with E-state index in [-0.39, 0.29) is 38.2 Å². The van der Waals surface area contributed by atoms with E-state index in [1.807, 2.05) is 30.3 Å². The number of nitrogens with zero attached hydrogens (tertiary/aromatic N) is 3. The number of benzene rings is 1. The number of aromatic nitrogens is 1. The molecule has 2 aromatic rings. The maximum absolute atomic E-state index is 13.1. The van der Waals surface area contributed by atoms with E-state index in [1.54, 1.807) is 25.1 Å². The molecule has 1 aliphatic heterocycles. The SMILES string of the molecule is CCOC(=O)N1CCN(C(=O)C(CCC(=O)O)NC(=O)c2cccc(-c3ccccc3)n2)CC1. The summed E-state index contributed by atoms with van der Waals surface area (Å²) in [5, 5.41) is 11.8. The zero-order valence-corrected chi connectivity index (χ0v) is 19.0. The monoisotopic (exact) mass is 468 g/mol. The van der Waals surface area contributed by atoms with Crippen LogP contribution in [0.25, 0.3) is 11.3 Å². The maximum Gasteiger partial charge on any atom is 0.409 e. The Morgan fingerprint density at radius 1 is 1.00 bits per heavy atom. The lowest BCUT2D eigenvalue weighted by atomic mass is 10.1. The van der Waals surface area contributed by atoms with Crippen LogP contribution in [0.3, 0.4) is 0 Å². The fraction of sp³-hybridized carbons (Fsp3) is 0.375. The summed E-state index contributed by atoms with van der Waals surface area (Å²) in [5.74, 6) is -2.02. The van der Waals surface area contributed by atoms with Crippen LogP contribution in [0.2, 0.25) is 0 Å². The zero-order chi connectivity index (χ0) is 24.5. The first kappa shape index (κ1) is 24.7. The summed E-state index contributed by atoms with van der Waals surface area (Å²) in [6, 6.07) is 13.4. The van der Waals surface area contributed by atoms with Gasteiger partial charge < -0.3 is 25.0 Å². The van der Waals surface area contributed by atoms with Crippen LogP contribution in [0.15, 0.2) is 48.5 Å². The molecule has 3 amide bonds. The summed E-state index contributed by atoms with van der Waals surface area (Å²) in [4.78, 5) is 56.5. The van der Waals surface area contributed by atoms with E-state index in [1.165, 1.54) is 9.80 Å². The molecule has 3 rings (SSSR count). The Bertz CT molecular complexity index is 1020. The largest absolute Gasteiger partial charge is 0.481 e. The Labute approximate surface area is 197 Å². The number of carboxylic acids is 1. The molecule has 0 saturated carbocycles. The number of hydrogen-bond acceptors (Lipinski definition) is 6. The van der Waals surface area contributed by atoms with Crippen molar-refractivity contribution in [3.05, 3.63) is 54.2 Å². The van der Waals surface area contributed by atoms with Crippen LogP contribution < -0.4 is 5.32 Å². The number of ether oxygens (including phenoxy) is 1. The van der Waals surface area contributed by atoms with Crippen molar-refractivity contribution in [3.8, 4) is 11.3 Å². The Kier molecular flexibility index (Phi) is 8.55. The van der Waals surface area contributed by atoms with Crippen LogP contribution in [-0.2, 0) is 14.3 Å². The van der Waals surface area contributed by atoms with Gasteiger partial charge in [-0.05, 0) is 25.5 Å². The Morgan fingerprint density at radius 2 is 1.68 bits per heavy atom. The number of rotatable bonds is 8. The van der Waals surface area contributed by atoms with Gasteiger partial charge in [0.2, 0.25) is 5.91 Å². The normalized spacial score (nSPS) is 14.3. The number of carboxylic acid groups (broad SMARTS) is 1. The van der Waals surface area contributed by atoms with Crippen molar-refractivity contribution >= 4 is 23.9 Å². The molecule has 1 unspecified atom stereocenters. The standard InChI is InChI=1S/C24H28N4O6/c1-2-34-24(33)28-15-13-27(14-16-28)23(32)20(11-12-21(29)30)26-22(31)19-10-6-9-18(25-19)17-7-4-3-5-8-17/h3-10,20H,2,11-16H2,1H3,(H,26,31)(H,29,30). The minimum atomic E-state index is -1.07. The molecule has 1 saturated heterocycles. The molecule has 0 radical (unpaired) electrons. The van der Waals surface area contributed by atoms with E-state index in [4.69, 9.17) is 9.84 Å². The summed E-state index contributed by atoms with van der Waals surface area (Å²) in [6.07, 6.45) is -0.775. The van der Waals surface area contributed by atoms with Gasteiger partial charge >= 0.3 is 12.1 Å². The van der Waals surface area contributed by atoms with Crippen molar-refractivity contribution in [3.63, 3.8) is 0 Å². The van der Waals surface area contributed by atoms with Crippen molar-refractivity contribution in [2.75, 3.05) is 32.8 Å². The van der Waals surface area contributed by atoms with Gasteiger partial charge in [0, 0.05) is 38.2 Å². The van der Waals surface area contributed by atoms with Crippen molar-refractivity contribution in [2.45, 2.75) is 25.8 Å². The predicted octanol–water partition coefficient (Wildman–Crippen LogP) is 2.01. The lowest BCUT2D eigenvalue weighted by Crippen LogP contribution is -2.56. The minimum Gasteiger partial charge on any atom is -0.481 e. The number of aliphatic carboxylic acids is 1. The topological polar surface area (TPSA) is 129 Å². The molecular weight excluding hydrogens is 440 g/mol. The first-order valence-electron chi connectivity index (χ1n) is 11.1. The zero-order valence-electron chi connectivity index (χ0n) is 19.0. The Morgan fingerprint density at radius 3 is 2.32 bits per heavy atom. The maximum atomic E-state index is 13.1. The molecule has 1 aromatic heterocycles. The third-order valence-electron chi connectivity index (χ3n) is 5.42. The molecule has 10 heteroatoms. The van der Waals surface area contributed by atoms with E-state index in [0.717, 1.165) is 5.56 Å². The van der Waals surface area contributed by atoms with Crippen molar-refractivity contribution in [1.82, 2.24) is 20.1 Å². The molecule has 10 nitrogen and oxygen atoms in total. The molecule has 1 atom stereocenters. The van der Waals surface area contributed by atoms with Gasteiger partial charge in [0.05, 0.1) is 12.3 Å². The predicted molar refractivity (Wildman–Crippen MR) is 123 cm³/mol. The molecule has 0 aliphatic carbocycles. The van der Waals surface area contributed by atoms with Crippen LogP contribution in [0.5, 0.6) is 0 Å². The lowest BCUT2D eigenvalue weighted by molar-refractivity contribution is -0.138. The minimum absolute atomic E-state index is 0.0592. The number of carbonyl (C=O) groups excluding carboxylic acids is 3. The lowest BCUT2D eigenvalue weighted by Gasteiger charge is -2.35. The average Bonchev–Trinajstić information content (AvgIpc) is 2.86. The van der Waals surface area contributed by atoms with Crippen LogP contribution >= 0.6 is 0 Å². The van der Waals surface area contributed by atoms with Crippen molar-refractivity contribution in [1.29, 1.82) is 0 Å². The summed E-state index contributed by atoms with van der Waals surface area (Å²) in [7, 11) is 0. The number of amides is 3. The molecule has 180 valence electrons. The van der Waals surface area contributed by atoms with E-state index in [2.05, 4.69) is 10.3 Å². The molecule has 2 heterocycles. The van der Waals surface area contributed by atoms with Crippen LogP contribution in [-0.4, -0.2) is 82.6 Å². The fourth-order valence-electron chi connectivity index (χ4n) is 3.63. The second kappa shape index (κ2) is 11.8. The molecule has 2 N–H and O–H groups in total. The third kappa shape index (κ3) is 6.53.